The summed E-state index contributed by atoms with van der Waals surface area (Å²) in [6.45, 7) is -1.55. The summed E-state index contributed by atoms with van der Waals surface area (Å²) < 4.78 is 90.6. The second-order valence-electron chi connectivity index (χ2n) is 5.19. The van der Waals surface area contributed by atoms with Gasteiger partial charge in [-0.05, 0) is 6.92 Å². The number of anilines is 1. The number of alkyl halides is 6. The van der Waals surface area contributed by atoms with Crippen molar-refractivity contribution in [3.63, 3.8) is 0 Å². The lowest BCUT2D eigenvalue weighted by Gasteiger charge is -2.37. The molecule has 0 bridgehead atoms. The maximum atomic E-state index is 13.2. The number of amides is 1. The molecule has 0 atom stereocenters. The number of ether oxygens (including phenoxy) is 2. The topological polar surface area (TPSA) is 111 Å². The summed E-state index contributed by atoms with van der Waals surface area (Å²) in [4.78, 5) is 34.3. The standard InChI is InChI=1S/C12H10F6N4O5S/c1-2-26-9(25)7-8(28-21-20-7)19-5(23)3-22-4-6(24)27-10(22,11(13,14)15)12(16,17)18/h2-4H2,1H3,(H,19,23). The quantitative estimate of drug-likeness (QED) is 0.544. The summed E-state index contributed by atoms with van der Waals surface area (Å²) in [5.74, 6) is -4.21. The third kappa shape index (κ3) is 3.87. The number of aromatic nitrogens is 2. The Balaban J connectivity index is 2.24. The van der Waals surface area contributed by atoms with Gasteiger partial charge in [0, 0.05) is 11.5 Å². The van der Waals surface area contributed by atoms with Crippen molar-refractivity contribution >= 4 is 34.4 Å². The fraction of sp³-hybridized carbons (Fsp3) is 0.583. The van der Waals surface area contributed by atoms with Crippen LogP contribution in [0.15, 0.2) is 0 Å². The van der Waals surface area contributed by atoms with Crippen LogP contribution in [0.2, 0.25) is 0 Å². The SMILES string of the molecule is CCOC(=O)c1nnsc1NC(=O)CN1CC(=O)OC1(C(F)(F)F)C(F)(F)F. The maximum Gasteiger partial charge on any atom is 0.453 e. The molecule has 1 aliphatic rings. The lowest BCUT2D eigenvalue weighted by Crippen LogP contribution is -2.66. The molecule has 28 heavy (non-hydrogen) atoms. The second kappa shape index (κ2) is 7.50. The highest BCUT2D eigenvalue weighted by atomic mass is 32.1. The van der Waals surface area contributed by atoms with Crippen molar-refractivity contribution < 1.29 is 50.2 Å². The molecule has 2 heterocycles. The monoisotopic (exact) mass is 436 g/mol. The predicted molar refractivity (Wildman–Crippen MR) is 77.0 cm³/mol. The van der Waals surface area contributed by atoms with Crippen LogP contribution < -0.4 is 5.32 Å². The Morgan fingerprint density at radius 1 is 1.29 bits per heavy atom. The molecule has 1 aromatic rings. The van der Waals surface area contributed by atoms with Gasteiger partial charge in [0.2, 0.25) is 11.6 Å². The summed E-state index contributed by atoms with van der Waals surface area (Å²) in [6.07, 6.45) is -12.1. The Morgan fingerprint density at radius 3 is 2.43 bits per heavy atom. The van der Waals surface area contributed by atoms with Crippen molar-refractivity contribution in [1.82, 2.24) is 14.5 Å². The number of halogens is 6. The van der Waals surface area contributed by atoms with Gasteiger partial charge in [-0.3, -0.25) is 9.59 Å². The normalized spacial score (nSPS) is 17.3. The number of cyclic esters (lactones) is 1. The highest BCUT2D eigenvalue weighted by Gasteiger charge is 2.80. The molecule has 2 rings (SSSR count). The predicted octanol–water partition coefficient (Wildman–Crippen LogP) is 1.33. The third-order valence-electron chi connectivity index (χ3n) is 3.34. The smallest absolute Gasteiger partial charge is 0.453 e. The van der Waals surface area contributed by atoms with Gasteiger partial charge in [-0.15, -0.1) is 5.10 Å². The molecular weight excluding hydrogens is 426 g/mol. The molecule has 1 aromatic heterocycles. The summed E-state index contributed by atoms with van der Waals surface area (Å²) in [5, 5.41) is 4.94. The number of esters is 2. The Hall–Kier alpha value is -2.49. The van der Waals surface area contributed by atoms with Crippen LogP contribution in [0.1, 0.15) is 17.4 Å². The first-order valence-corrected chi connectivity index (χ1v) is 8.00. The number of carbonyl (C=O) groups is 3. The maximum absolute atomic E-state index is 13.2. The molecule has 0 spiro atoms. The van der Waals surface area contributed by atoms with Gasteiger partial charge in [0.05, 0.1) is 13.2 Å². The first kappa shape index (κ1) is 21.8. The van der Waals surface area contributed by atoms with Gasteiger partial charge in [-0.1, -0.05) is 4.49 Å². The summed E-state index contributed by atoms with van der Waals surface area (Å²) in [7, 11) is 0. The van der Waals surface area contributed by atoms with Crippen molar-refractivity contribution in [3.8, 4) is 0 Å². The van der Waals surface area contributed by atoms with Gasteiger partial charge in [-0.25, -0.2) is 9.69 Å². The van der Waals surface area contributed by atoms with Crippen LogP contribution in [0.5, 0.6) is 0 Å². The molecule has 1 saturated heterocycles. The Morgan fingerprint density at radius 2 is 1.89 bits per heavy atom. The van der Waals surface area contributed by atoms with E-state index in [1.54, 1.807) is 0 Å². The molecule has 1 N–H and O–H groups in total. The molecule has 16 heteroatoms. The highest BCUT2D eigenvalue weighted by Crippen LogP contribution is 2.50. The first-order chi connectivity index (χ1) is 12.8. The van der Waals surface area contributed by atoms with Gasteiger partial charge in [-0.2, -0.15) is 26.3 Å². The van der Waals surface area contributed by atoms with Crippen LogP contribution in [0.3, 0.4) is 0 Å². The average Bonchev–Trinajstić information content (AvgIpc) is 3.11. The van der Waals surface area contributed by atoms with E-state index in [9.17, 15) is 40.7 Å². The molecule has 156 valence electrons. The zero-order chi connectivity index (χ0) is 21.3. The second-order valence-corrected chi connectivity index (χ2v) is 5.94. The molecular formula is C12H10F6N4O5S. The number of nitrogens with zero attached hydrogens (tertiary/aromatic N) is 3. The van der Waals surface area contributed by atoms with E-state index >= 15 is 0 Å². The van der Waals surface area contributed by atoms with Crippen molar-refractivity contribution in [2.45, 2.75) is 25.0 Å². The number of hydrogen-bond acceptors (Lipinski definition) is 9. The minimum absolute atomic E-state index is 0.0589. The number of carbonyl (C=O) groups excluding carboxylic acids is 3. The van der Waals surface area contributed by atoms with Crippen LogP contribution in [0.25, 0.3) is 0 Å². The van der Waals surface area contributed by atoms with E-state index < -0.39 is 59.6 Å². The van der Waals surface area contributed by atoms with E-state index in [1.165, 1.54) is 6.92 Å². The van der Waals surface area contributed by atoms with E-state index in [4.69, 9.17) is 0 Å². The first-order valence-electron chi connectivity index (χ1n) is 7.23. The van der Waals surface area contributed by atoms with E-state index in [-0.39, 0.29) is 11.6 Å². The van der Waals surface area contributed by atoms with E-state index in [0.29, 0.717) is 11.5 Å². The molecule has 9 nitrogen and oxygen atoms in total. The van der Waals surface area contributed by atoms with Crippen molar-refractivity contribution in [1.29, 1.82) is 0 Å². The summed E-state index contributed by atoms with van der Waals surface area (Å²) >= 11 is 0.446. The Labute approximate surface area is 155 Å². The molecule has 0 aromatic carbocycles. The zero-order valence-corrected chi connectivity index (χ0v) is 14.5. The van der Waals surface area contributed by atoms with E-state index in [1.807, 2.05) is 5.32 Å². The van der Waals surface area contributed by atoms with Gasteiger partial charge in [0.1, 0.15) is 6.54 Å². The van der Waals surface area contributed by atoms with E-state index in [2.05, 4.69) is 19.1 Å². The van der Waals surface area contributed by atoms with Crippen molar-refractivity contribution in [3.05, 3.63) is 5.69 Å². The van der Waals surface area contributed by atoms with Crippen LogP contribution in [0, 0.1) is 0 Å². The highest BCUT2D eigenvalue weighted by molar-refractivity contribution is 7.10. The minimum atomic E-state index is -6.07. The zero-order valence-electron chi connectivity index (χ0n) is 13.7. The van der Waals surface area contributed by atoms with Crippen LogP contribution in [-0.2, 0) is 19.1 Å². The number of rotatable bonds is 5. The van der Waals surface area contributed by atoms with Gasteiger partial charge in [0.25, 0.3) is 0 Å². The molecule has 0 saturated carbocycles. The molecule has 1 aliphatic heterocycles. The third-order valence-corrected chi connectivity index (χ3v) is 3.98. The van der Waals surface area contributed by atoms with Crippen LogP contribution in [-0.4, -0.2) is 70.1 Å². The number of nitrogens with one attached hydrogen (secondary N) is 1. The van der Waals surface area contributed by atoms with Crippen molar-refractivity contribution in [2.24, 2.45) is 0 Å². The van der Waals surface area contributed by atoms with Crippen LogP contribution in [0.4, 0.5) is 31.3 Å². The fourth-order valence-electron chi connectivity index (χ4n) is 2.28. The summed E-state index contributed by atoms with van der Waals surface area (Å²) in [5.41, 5.74) is -5.45. The van der Waals surface area contributed by atoms with Gasteiger partial charge in [0.15, 0.2) is 5.00 Å². The Bertz CT molecular complexity index is 765. The lowest BCUT2D eigenvalue weighted by atomic mass is 10.1. The molecule has 1 fully saturated rings. The van der Waals surface area contributed by atoms with E-state index in [0.717, 1.165) is 0 Å². The summed E-state index contributed by atoms with van der Waals surface area (Å²) in [6, 6.07) is 0. The van der Waals surface area contributed by atoms with Gasteiger partial charge < -0.3 is 14.8 Å². The largest absolute Gasteiger partial charge is 0.461 e. The average molecular weight is 436 g/mol. The molecule has 0 aliphatic carbocycles. The van der Waals surface area contributed by atoms with Gasteiger partial charge >= 0.3 is 30.0 Å². The minimum Gasteiger partial charge on any atom is -0.461 e. The molecule has 0 unspecified atom stereocenters. The van der Waals surface area contributed by atoms with Crippen molar-refractivity contribution in [2.75, 3.05) is 25.0 Å². The Kier molecular flexibility index (Phi) is 5.84. The fourth-order valence-corrected chi connectivity index (χ4v) is 2.85. The lowest BCUT2D eigenvalue weighted by molar-refractivity contribution is -0.398. The molecule has 1 amide bonds. The van der Waals surface area contributed by atoms with Crippen LogP contribution >= 0.6 is 11.5 Å². The number of hydrogen-bond donors (Lipinski definition) is 1. The molecule has 0 radical (unpaired) electrons.